The standard InChI is InChI=1S/C9H15NO2/c1-12-9(11)7-10-8-5-3-2-4-6-8/h3,5,8,10H,2,4,6-7H2,1H3. The highest BCUT2D eigenvalue weighted by Gasteiger charge is 2.08. The summed E-state index contributed by atoms with van der Waals surface area (Å²) in [7, 11) is 1.40. The first-order valence-electron chi connectivity index (χ1n) is 4.30. The van der Waals surface area contributed by atoms with Crippen molar-refractivity contribution in [3.63, 3.8) is 0 Å². The maximum atomic E-state index is 10.7. The van der Waals surface area contributed by atoms with Crippen LogP contribution in [0.3, 0.4) is 0 Å². The summed E-state index contributed by atoms with van der Waals surface area (Å²) < 4.78 is 4.52. The Labute approximate surface area is 72.8 Å². The molecule has 68 valence electrons. The van der Waals surface area contributed by atoms with E-state index in [9.17, 15) is 4.79 Å². The molecule has 0 aromatic rings. The van der Waals surface area contributed by atoms with Crippen molar-refractivity contribution < 1.29 is 9.53 Å². The van der Waals surface area contributed by atoms with Gasteiger partial charge >= 0.3 is 5.97 Å². The molecule has 0 heterocycles. The molecule has 0 bridgehead atoms. The summed E-state index contributed by atoms with van der Waals surface area (Å²) in [5, 5.41) is 3.11. The smallest absolute Gasteiger partial charge is 0.319 e. The number of carbonyl (C=O) groups is 1. The lowest BCUT2D eigenvalue weighted by Gasteiger charge is -2.16. The van der Waals surface area contributed by atoms with Gasteiger partial charge in [-0.25, -0.2) is 0 Å². The first-order chi connectivity index (χ1) is 5.83. The van der Waals surface area contributed by atoms with E-state index in [0.29, 0.717) is 12.6 Å². The summed E-state index contributed by atoms with van der Waals surface area (Å²) in [6.07, 6.45) is 7.75. The molecule has 3 heteroatoms. The van der Waals surface area contributed by atoms with Gasteiger partial charge in [0, 0.05) is 6.04 Å². The Balaban J connectivity index is 2.17. The highest BCUT2D eigenvalue weighted by Crippen LogP contribution is 2.09. The van der Waals surface area contributed by atoms with Crippen molar-refractivity contribution in [2.45, 2.75) is 25.3 Å². The lowest BCUT2D eigenvalue weighted by Crippen LogP contribution is -2.33. The lowest BCUT2D eigenvalue weighted by atomic mass is 10.0. The molecule has 3 nitrogen and oxygen atoms in total. The average molecular weight is 169 g/mol. The Bertz CT molecular complexity index is 177. The van der Waals surface area contributed by atoms with Gasteiger partial charge in [-0.1, -0.05) is 12.2 Å². The Morgan fingerprint density at radius 2 is 2.58 bits per heavy atom. The van der Waals surface area contributed by atoms with Crippen LogP contribution in [0.1, 0.15) is 19.3 Å². The Morgan fingerprint density at radius 3 is 3.17 bits per heavy atom. The van der Waals surface area contributed by atoms with Gasteiger partial charge in [0.05, 0.1) is 13.7 Å². The van der Waals surface area contributed by atoms with Crippen molar-refractivity contribution in [2.24, 2.45) is 0 Å². The van der Waals surface area contributed by atoms with Crippen LogP contribution in [-0.4, -0.2) is 25.7 Å². The molecule has 1 N–H and O–H groups in total. The summed E-state index contributed by atoms with van der Waals surface area (Å²) in [5.41, 5.74) is 0. The predicted octanol–water partition coefficient (Wildman–Crippen LogP) is 0.858. The zero-order valence-corrected chi connectivity index (χ0v) is 7.38. The third-order valence-corrected chi connectivity index (χ3v) is 1.99. The largest absolute Gasteiger partial charge is 0.468 e. The molecule has 0 radical (unpaired) electrons. The van der Waals surface area contributed by atoms with E-state index in [4.69, 9.17) is 0 Å². The minimum atomic E-state index is -0.200. The van der Waals surface area contributed by atoms with Crippen LogP contribution < -0.4 is 5.32 Å². The number of hydrogen-bond acceptors (Lipinski definition) is 3. The number of esters is 1. The molecular formula is C9H15NO2. The van der Waals surface area contributed by atoms with Gasteiger partial charge < -0.3 is 10.1 Å². The fraction of sp³-hybridized carbons (Fsp3) is 0.667. The van der Waals surface area contributed by atoms with Crippen LogP contribution in [0.5, 0.6) is 0 Å². The minimum absolute atomic E-state index is 0.200. The zero-order valence-electron chi connectivity index (χ0n) is 7.38. The number of nitrogens with one attached hydrogen (secondary N) is 1. The van der Waals surface area contributed by atoms with E-state index in [1.54, 1.807) is 0 Å². The molecule has 1 aliphatic rings. The molecular weight excluding hydrogens is 154 g/mol. The molecule has 1 aliphatic carbocycles. The van der Waals surface area contributed by atoms with Crippen LogP contribution in [0, 0.1) is 0 Å². The van der Waals surface area contributed by atoms with Gasteiger partial charge in [-0.2, -0.15) is 0 Å². The Morgan fingerprint density at radius 1 is 1.75 bits per heavy atom. The van der Waals surface area contributed by atoms with Crippen LogP contribution in [0.4, 0.5) is 0 Å². The van der Waals surface area contributed by atoms with E-state index < -0.39 is 0 Å². The number of carbonyl (C=O) groups excluding carboxylic acids is 1. The van der Waals surface area contributed by atoms with Gasteiger partial charge in [-0.3, -0.25) is 4.79 Å². The van der Waals surface area contributed by atoms with Crippen molar-refractivity contribution in [1.29, 1.82) is 0 Å². The van der Waals surface area contributed by atoms with E-state index >= 15 is 0 Å². The molecule has 0 amide bonds. The van der Waals surface area contributed by atoms with Crippen LogP contribution in [0.25, 0.3) is 0 Å². The maximum Gasteiger partial charge on any atom is 0.319 e. The second kappa shape index (κ2) is 4.93. The van der Waals surface area contributed by atoms with Crippen LogP contribution in [0.15, 0.2) is 12.2 Å². The molecule has 1 atom stereocenters. The molecule has 0 aliphatic heterocycles. The van der Waals surface area contributed by atoms with E-state index in [0.717, 1.165) is 12.8 Å². The quantitative estimate of drug-likeness (QED) is 0.503. The maximum absolute atomic E-state index is 10.7. The first-order valence-corrected chi connectivity index (χ1v) is 4.30. The summed E-state index contributed by atoms with van der Waals surface area (Å²) in [5.74, 6) is -0.200. The van der Waals surface area contributed by atoms with E-state index in [2.05, 4.69) is 22.2 Å². The molecule has 0 saturated heterocycles. The van der Waals surface area contributed by atoms with Gasteiger partial charge in [0.1, 0.15) is 0 Å². The fourth-order valence-electron chi connectivity index (χ4n) is 1.27. The molecule has 0 aromatic heterocycles. The summed E-state index contributed by atoms with van der Waals surface area (Å²) in [6, 6.07) is 0.359. The average Bonchev–Trinajstić information content (AvgIpc) is 2.16. The number of ether oxygens (including phenoxy) is 1. The van der Waals surface area contributed by atoms with Crippen molar-refractivity contribution in [3.05, 3.63) is 12.2 Å². The lowest BCUT2D eigenvalue weighted by molar-refractivity contribution is -0.139. The number of methoxy groups -OCH3 is 1. The van der Waals surface area contributed by atoms with Crippen LogP contribution >= 0.6 is 0 Å². The molecule has 0 spiro atoms. The van der Waals surface area contributed by atoms with Crippen LogP contribution in [-0.2, 0) is 9.53 Å². The number of allylic oxidation sites excluding steroid dienone is 1. The summed E-state index contributed by atoms with van der Waals surface area (Å²) in [4.78, 5) is 10.7. The molecule has 1 unspecified atom stereocenters. The van der Waals surface area contributed by atoms with Crippen LogP contribution in [0.2, 0.25) is 0 Å². The molecule has 0 saturated carbocycles. The van der Waals surface area contributed by atoms with Gasteiger partial charge in [-0.05, 0) is 19.3 Å². The summed E-state index contributed by atoms with van der Waals surface area (Å²) in [6.45, 7) is 0.311. The second-order valence-corrected chi connectivity index (χ2v) is 2.92. The van der Waals surface area contributed by atoms with E-state index in [1.165, 1.54) is 13.5 Å². The third kappa shape index (κ3) is 3.05. The highest BCUT2D eigenvalue weighted by atomic mass is 16.5. The van der Waals surface area contributed by atoms with Crippen molar-refractivity contribution in [2.75, 3.05) is 13.7 Å². The normalized spacial score (nSPS) is 22.2. The van der Waals surface area contributed by atoms with Crippen molar-refractivity contribution in [1.82, 2.24) is 5.32 Å². The molecule has 0 aromatic carbocycles. The summed E-state index contributed by atoms with van der Waals surface area (Å²) >= 11 is 0. The fourth-order valence-corrected chi connectivity index (χ4v) is 1.27. The molecule has 1 rings (SSSR count). The Hall–Kier alpha value is -0.830. The number of rotatable bonds is 3. The minimum Gasteiger partial charge on any atom is -0.468 e. The van der Waals surface area contributed by atoms with E-state index in [-0.39, 0.29) is 5.97 Å². The van der Waals surface area contributed by atoms with Gasteiger partial charge in [0.25, 0.3) is 0 Å². The van der Waals surface area contributed by atoms with Gasteiger partial charge in [0.2, 0.25) is 0 Å². The van der Waals surface area contributed by atoms with Crippen molar-refractivity contribution in [3.8, 4) is 0 Å². The SMILES string of the molecule is COC(=O)CNC1C=CCCC1. The molecule has 12 heavy (non-hydrogen) atoms. The van der Waals surface area contributed by atoms with Gasteiger partial charge in [-0.15, -0.1) is 0 Å². The first kappa shape index (κ1) is 9.26. The monoisotopic (exact) mass is 169 g/mol. The molecule has 0 fully saturated rings. The highest BCUT2D eigenvalue weighted by molar-refractivity contribution is 5.71. The van der Waals surface area contributed by atoms with Gasteiger partial charge in [0.15, 0.2) is 0 Å². The van der Waals surface area contributed by atoms with E-state index in [1.807, 2.05) is 0 Å². The topological polar surface area (TPSA) is 38.3 Å². The predicted molar refractivity (Wildman–Crippen MR) is 46.8 cm³/mol. The Kier molecular flexibility index (Phi) is 3.80. The second-order valence-electron chi connectivity index (χ2n) is 2.92. The van der Waals surface area contributed by atoms with Crippen molar-refractivity contribution >= 4 is 5.97 Å². The third-order valence-electron chi connectivity index (χ3n) is 1.99. The zero-order chi connectivity index (χ0) is 8.81. The number of hydrogen-bond donors (Lipinski definition) is 1.